The van der Waals surface area contributed by atoms with Gasteiger partial charge in [-0.1, -0.05) is 12.1 Å². The third-order valence-corrected chi connectivity index (χ3v) is 6.44. The Morgan fingerprint density at radius 1 is 1.08 bits per heavy atom. The van der Waals surface area contributed by atoms with E-state index >= 15 is 0 Å². The lowest BCUT2D eigenvalue weighted by Gasteiger charge is -2.33. The van der Waals surface area contributed by atoms with Gasteiger partial charge in [0, 0.05) is 56.4 Å². The quantitative estimate of drug-likeness (QED) is 0.530. The molecule has 2 aliphatic heterocycles. The van der Waals surface area contributed by atoms with Gasteiger partial charge in [0.25, 0.3) is 0 Å². The molecule has 4 heterocycles. The number of fused-ring (bicyclic) bond motifs is 1. The highest BCUT2D eigenvalue weighted by molar-refractivity contribution is 5.88. The summed E-state index contributed by atoms with van der Waals surface area (Å²) in [6.07, 6.45) is 3.23. The van der Waals surface area contributed by atoms with Crippen LogP contribution in [0.3, 0.4) is 0 Å². The van der Waals surface area contributed by atoms with Crippen LogP contribution in [0.4, 0.5) is 11.5 Å². The van der Waals surface area contributed by atoms with E-state index in [2.05, 4.69) is 44.5 Å². The molecule has 0 spiro atoms. The van der Waals surface area contributed by atoms with Crippen LogP contribution in [0.2, 0.25) is 0 Å². The van der Waals surface area contributed by atoms with Gasteiger partial charge in [-0.05, 0) is 32.3 Å². The van der Waals surface area contributed by atoms with Gasteiger partial charge in [0.2, 0.25) is 5.91 Å². The number of hydrogen-bond acceptors (Lipinski definition) is 9. The summed E-state index contributed by atoms with van der Waals surface area (Å²) in [5.41, 5.74) is 4.50. The molecule has 0 radical (unpaired) electrons. The highest BCUT2D eigenvalue weighted by Gasteiger charge is 2.25. The van der Waals surface area contributed by atoms with Crippen molar-refractivity contribution in [3.05, 3.63) is 42.7 Å². The van der Waals surface area contributed by atoms with Crippen LogP contribution in [0.5, 0.6) is 0 Å². The van der Waals surface area contributed by atoms with Gasteiger partial charge in [0.05, 0.1) is 43.7 Å². The van der Waals surface area contributed by atoms with E-state index in [4.69, 9.17) is 14.5 Å². The molecule has 0 saturated carbocycles. The smallest absolute Gasteiger partial charge is 0.236 e. The summed E-state index contributed by atoms with van der Waals surface area (Å²) in [4.78, 5) is 32.5. The number of benzene rings is 1. The number of anilines is 2. The predicted octanol–water partition coefficient (Wildman–Crippen LogP) is 1.73. The largest absolute Gasteiger partial charge is 0.378 e. The Morgan fingerprint density at radius 3 is 2.64 bits per heavy atom. The number of carbonyl (C=O) groups is 1. The molecule has 2 fully saturated rings. The number of nitrogens with one attached hydrogen (secondary N) is 1. The molecule has 1 aromatic carbocycles. The average molecular weight is 492 g/mol. The number of aromatic nitrogens is 3. The second-order valence-electron chi connectivity index (χ2n) is 9.38. The number of carbonyl (C=O) groups excluding carboxylic acids is 1. The van der Waals surface area contributed by atoms with Gasteiger partial charge in [-0.25, -0.2) is 9.97 Å². The second kappa shape index (κ2) is 11.2. The number of amides is 1. The van der Waals surface area contributed by atoms with Crippen LogP contribution in [-0.2, 0) is 14.3 Å². The Morgan fingerprint density at radius 2 is 1.86 bits per heavy atom. The van der Waals surface area contributed by atoms with Gasteiger partial charge in [-0.15, -0.1) is 0 Å². The van der Waals surface area contributed by atoms with Crippen molar-refractivity contribution in [1.29, 1.82) is 0 Å². The van der Waals surface area contributed by atoms with Gasteiger partial charge in [-0.3, -0.25) is 9.78 Å². The monoisotopic (exact) mass is 491 g/mol. The molecule has 2 saturated heterocycles. The number of pyridine rings is 1. The molecule has 1 amide bonds. The molecular weight excluding hydrogens is 458 g/mol. The summed E-state index contributed by atoms with van der Waals surface area (Å²) in [6.45, 7) is 5.92. The molecule has 1 unspecified atom stereocenters. The fraction of sp³-hybridized carbons (Fsp3) is 0.462. The molecule has 2 aliphatic rings. The Bertz CT molecular complexity index is 1180. The van der Waals surface area contributed by atoms with Crippen LogP contribution >= 0.6 is 0 Å². The van der Waals surface area contributed by atoms with Crippen LogP contribution in [0.15, 0.2) is 42.7 Å². The van der Waals surface area contributed by atoms with E-state index in [1.807, 2.05) is 30.0 Å². The van der Waals surface area contributed by atoms with E-state index in [0.29, 0.717) is 44.1 Å². The van der Waals surface area contributed by atoms with Crippen molar-refractivity contribution < 1.29 is 14.3 Å². The number of ether oxygens (including phenoxy) is 2. The van der Waals surface area contributed by atoms with Gasteiger partial charge in [0.15, 0.2) is 5.82 Å². The lowest BCUT2D eigenvalue weighted by molar-refractivity contribution is -0.138. The number of morpholine rings is 2. The van der Waals surface area contributed by atoms with Crippen molar-refractivity contribution in [3.8, 4) is 11.3 Å². The first-order valence-corrected chi connectivity index (χ1v) is 12.4. The predicted molar refractivity (Wildman–Crippen MR) is 139 cm³/mol. The maximum absolute atomic E-state index is 12.5. The maximum atomic E-state index is 12.5. The second-order valence-corrected chi connectivity index (χ2v) is 9.38. The van der Waals surface area contributed by atoms with E-state index in [1.54, 1.807) is 12.4 Å². The van der Waals surface area contributed by atoms with Gasteiger partial charge < -0.3 is 29.5 Å². The van der Waals surface area contributed by atoms with E-state index in [9.17, 15) is 4.79 Å². The van der Waals surface area contributed by atoms with Gasteiger partial charge >= 0.3 is 0 Å². The van der Waals surface area contributed by atoms with Crippen molar-refractivity contribution in [1.82, 2.24) is 24.8 Å². The average Bonchev–Trinajstić information content (AvgIpc) is 2.92. The molecule has 0 bridgehead atoms. The van der Waals surface area contributed by atoms with Crippen molar-refractivity contribution in [3.63, 3.8) is 0 Å². The van der Waals surface area contributed by atoms with Crippen LogP contribution in [0, 0.1) is 0 Å². The van der Waals surface area contributed by atoms with Crippen LogP contribution in [0.1, 0.15) is 0 Å². The summed E-state index contributed by atoms with van der Waals surface area (Å²) >= 11 is 0. The summed E-state index contributed by atoms with van der Waals surface area (Å²) in [5, 5.41) is 3.42. The standard InChI is InChI=1S/C26H33N7O3/c1-31(2)18-24(34)33-11-14-36-21(17-33)16-29-26-25-23(27-7-8-28-25)15-22(30-26)19-3-5-20(6-4-19)32-9-12-35-13-10-32/h3-8,15,21H,9-14,16-18H2,1-2H3,(H,29,30). The zero-order valence-electron chi connectivity index (χ0n) is 20.9. The fourth-order valence-corrected chi connectivity index (χ4v) is 4.56. The van der Waals surface area contributed by atoms with E-state index in [-0.39, 0.29) is 12.0 Å². The van der Waals surface area contributed by atoms with E-state index in [0.717, 1.165) is 43.1 Å². The lowest BCUT2D eigenvalue weighted by atomic mass is 10.1. The van der Waals surface area contributed by atoms with Crippen molar-refractivity contribution in [2.75, 3.05) is 83.4 Å². The summed E-state index contributed by atoms with van der Waals surface area (Å²) < 4.78 is 11.4. The summed E-state index contributed by atoms with van der Waals surface area (Å²) in [6, 6.07) is 10.4. The van der Waals surface area contributed by atoms with Crippen LogP contribution < -0.4 is 10.2 Å². The molecule has 10 nitrogen and oxygen atoms in total. The maximum Gasteiger partial charge on any atom is 0.236 e. The van der Waals surface area contributed by atoms with Crippen molar-refractivity contribution >= 4 is 28.4 Å². The number of rotatable bonds is 7. The molecule has 190 valence electrons. The number of nitrogens with zero attached hydrogens (tertiary/aromatic N) is 6. The first kappa shape index (κ1) is 24.4. The summed E-state index contributed by atoms with van der Waals surface area (Å²) in [7, 11) is 3.80. The van der Waals surface area contributed by atoms with Crippen LogP contribution in [-0.4, -0.2) is 110 Å². The molecule has 2 aromatic heterocycles. The van der Waals surface area contributed by atoms with E-state index in [1.165, 1.54) is 5.69 Å². The SMILES string of the molecule is CN(C)CC(=O)N1CCOC(CNc2nc(-c3ccc(N4CCOCC4)cc3)cc3nccnc23)C1. The van der Waals surface area contributed by atoms with Crippen molar-refractivity contribution in [2.45, 2.75) is 6.10 Å². The van der Waals surface area contributed by atoms with Gasteiger partial charge in [0.1, 0.15) is 5.52 Å². The molecule has 3 aromatic rings. The molecule has 1 atom stereocenters. The molecule has 1 N–H and O–H groups in total. The summed E-state index contributed by atoms with van der Waals surface area (Å²) in [5.74, 6) is 0.776. The van der Waals surface area contributed by atoms with Crippen molar-refractivity contribution in [2.24, 2.45) is 0 Å². The Kier molecular flexibility index (Phi) is 7.55. The fourth-order valence-electron chi connectivity index (χ4n) is 4.56. The minimum atomic E-state index is -0.130. The van der Waals surface area contributed by atoms with E-state index < -0.39 is 0 Å². The first-order chi connectivity index (χ1) is 17.6. The molecule has 5 rings (SSSR count). The first-order valence-electron chi connectivity index (χ1n) is 12.4. The Balaban J connectivity index is 1.32. The lowest BCUT2D eigenvalue weighted by Crippen LogP contribution is -2.50. The zero-order chi connectivity index (χ0) is 24.9. The topological polar surface area (TPSA) is 96.0 Å². The number of hydrogen-bond donors (Lipinski definition) is 1. The third-order valence-electron chi connectivity index (χ3n) is 6.44. The van der Waals surface area contributed by atoms with Crippen LogP contribution in [0.25, 0.3) is 22.3 Å². The molecule has 10 heteroatoms. The molecular formula is C26H33N7O3. The highest BCUT2D eigenvalue weighted by Crippen LogP contribution is 2.27. The normalized spacial score (nSPS) is 18.6. The molecule has 0 aliphatic carbocycles. The Hall–Kier alpha value is -3.34. The minimum Gasteiger partial charge on any atom is -0.378 e. The number of likely N-dealkylation sites (N-methyl/N-ethyl adjacent to an activating group) is 1. The third kappa shape index (κ3) is 5.72. The molecule has 36 heavy (non-hydrogen) atoms. The van der Waals surface area contributed by atoms with Gasteiger partial charge in [-0.2, -0.15) is 0 Å². The highest BCUT2D eigenvalue weighted by atomic mass is 16.5. The Labute approximate surface area is 211 Å². The zero-order valence-corrected chi connectivity index (χ0v) is 20.9. The minimum absolute atomic E-state index is 0.116.